The molecule has 5 heterocycles. The largest absolute Gasteiger partial charge is 0.497 e. The number of hydrogen-bond acceptors (Lipinski definition) is 18. The Bertz CT molecular complexity index is 3720. The number of hydrogen-bond donors (Lipinski definition) is 2. The van der Waals surface area contributed by atoms with E-state index in [4.69, 9.17) is 58.4 Å². The van der Waals surface area contributed by atoms with Crippen molar-refractivity contribution in [1.82, 2.24) is 29.1 Å². The van der Waals surface area contributed by atoms with Crippen LogP contribution in [0.5, 0.6) is 11.5 Å². The van der Waals surface area contributed by atoms with Gasteiger partial charge in [0.15, 0.2) is 44.2 Å². The summed E-state index contributed by atoms with van der Waals surface area (Å²) in [4.78, 5) is 58.7. The van der Waals surface area contributed by atoms with E-state index in [1.165, 1.54) is 30.3 Å². The standard InChI is InChI=1S/C63H71N8O13PSSi/c1-62(2,3)87(9,10)84-52-48(82-60(54(52)78-7)71-39-66-50-55(64-38-65-56(50)71)69-58(73)41-22-16-12-17-23-41)37-80-85(8,86)83-51-47(81-59(53(51)77-6)70-35-34-49(68-61(70)74)67-57(72)40-20-14-11-15-21-40)36-79-63(42-24-18-13-19-25-42,43-26-30-45(75-4)31-27-43)44-28-32-46(76-5)33-29-44/h11-35,38-39,47-48,51-54,59-60H,36-37H2,1-10H3,(H,64,65,69,73)(H,67,68,72,74)/t47-,48-,51-,52-,53-,54-,59-,60-,85?/m1/s1. The number of rotatable bonds is 23. The lowest BCUT2D eigenvalue weighted by atomic mass is 9.80. The zero-order valence-electron chi connectivity index (χ0n) is 50.0. The summed E-state index contributed by atoms with van der Waals surface area (Å²) in [6.07, 6.45) is -2.95. The molecule has 5 aromatic carbocycles. The van der Waals surface area contributed by atoms with Crippen LogP contribution in [0.15, 0.2) is 169 Å². The van der Waals surface area contributed by atoms with Crippen LogP contribution in [0.2, 0.25) is 18.1 Å². The summed E-state index contributed by atoms with van der Waals surface area (Å²) in [6.45, 7) is 8.73. The molecule has 2 saturated heterocycles. The predicted molar refractivity (Wildman–Crippen MR) is 333 cm³/mol. The molecule has 0 bridgehead atoms. The molecule has 87 heavy (non-hydrogen) atoms. The Morgan fingerprint density at radius 2 is 1.16 bits per heavy atom. The van der Waals surface area contributed by atoms with Crippen LogP contribution in [-0.2, 0) is 54.6 Å². The molecule has 0 radical (unpaired) electrons. The van der Waals surface area contributed by atoms with Crippen molar-refractivity contribution in [3.8, 4) is 11.5 Å². The van der Waals surface area contributed by atoms with E-state index >= 15 is 0 Å². The number of anilines is 2. The Labute approximate surface area is 510 Å². The summed E-state index contributed by atoms with van der Waals surface area (Å²) in [5.74, 6) is 0.728. The number of methoxy groups -OCH3 is 4. The van der Waals surface area contributed by atoms with Gasteiger partial charge in [-0.2, -0.15) is 4.98 Å². The average Bonchev–Trinajstić information content (AvgIpc) is 1.98. The molecule has 2 fully saturated rings. The first-order valence-electron chi connectivity index (χ1n) is 28.2. The lowest BCUT2D eigenvalue weighted by Crippen LogP contribution is -2.50. The van der Waals surface area contributed by atoms with Gasteiger partial charge in [0.05, 0.1) is 33.8 Å². The molecular formula is C63H71N8O13PSSi. The van der Waals surface area contributed by atoms with Gasteiger partial charge in [-0.25, -0.2) is 19.7 Å². The molecule has 2 aliphatic heterocycles. The maximum atomic E-state index is 14.2. The fourth-order valence-corrected chi connectivity index (χ4v) is 13.5. The molecule has 8 aromatic rings. The Kier molecular flexibility index (Phi) is 19.1. The molecule has 0 saturated carbocycles. The smallest absolute Gasteiger partial charge is 0.351 e. The van der Waals surface area contributed by atoms with Crippen molar-refractivity contribution in [3.63, 3.8) is 0 Å². The third-order valence-corrected chi connectivity index (χ3v) is 22.4. The molecule has 2 amide bonds. The summed E-state index contributed by atoms with van der Waals surface area (Å²) in [7, 11) is 3.71. The van der Waals surface area contributed by atoms with Gasteiger partial charge < -0.3 is 57.3 Å². The minimum atomic E-state index is -3.43. The molecular weight excluding hydrogens is 1170 g/mol. The summed E-state index contributed by atoms with van der Waals surface area (Å²) < 4.78 is 69.3. The number of nitrogens with one attached hydrogen (secondary N) is 2. The first-order chi connectivity index (χ1) is 41.8. The van der Waals surface area contributed by atoms with Gasteiger partial charge in [-0.05, 0) is 101 Å². The second-order valence-corrected chi connectivity index (χ2v) is 31.3. The van der Waals surface area contributed by atoms with Crippen molar-refractivity contribution in [2.75, 3.05) is 59.0 Å². The highest BCUT2D eigenvalue weighted by Crippen LogP contribution is 2.52. The average molecular weight is 1240 g/mol. The molecule has 456 valence electrons. The zero-order valence-corrected chi connectivity index (χ0v) is 52.7. The predicted octanol–water partition coefficient (Wildman–Crippen LogP) is 10.2. The van der Waals surface area contributed by atoms with Crippen molar-refractivity contribution >= 4 is 61.2 Å². The Hall–Kier alpha value is -7.38. The van der Waals surface area contributed by atoms with Crippen molar-refractivity contribution in [2.45, 2.75) is 93.6 Å². The van der Waals surface area contributed by atoms with Gasteiger partial charge in [-0.3, -0.25) is 18.7 Å². The second kappa shape index (κ2) is 26.5. The summed E-state index contributed by atoms with van der Waals surface area (Å²) >= 11 is 6.39. The highest BCUT2D eigenvalue weighted by molar-refractivity contribution is 8.09. The number of benzene rings is 5. The molecule has 24 heteroatoms. The van der Waals surface area contributed by atoms with Crippen LogP contribution in [0.3, 0.4) is 0 Å². The number of fused-ring (bicyclic) bond motifs is 1. The van der Waals surface area contributed by atoms with Crippen LogP contribution in [-0.4, -0.2) is 134 Å². The fraction of sp³-hybridized carbons (Fsp3) is 0.349. The van der Waals surface area contributed by atoms with Crippen molar-refractivity contribution in [3.05, 3.63) is 203 Å². The van der Waals surface area contributed by atoms with Gasteiger partial charge in [-0.15, -0.1) is 0 Å². The monoisotopic (exact) mass is 1240 g/mol. The van der Waals surface area contributed by atoms with Crippen LogP contribution in [0.4, 0.5) is 11.6 Å². The first-order valence-corrected chi connectivity index (χ1v) is 34.2. The van der Waals surface area contributed by atoms with E-state index in [0.29, 0.717) is 33.8 Å². The minimum Gasteiger partial charge on any atom is -0.497 e. The molecule has 10 rings (SSSR count). The van der Waals surface area contributed by atoms with Gasteiger partial charge in [-0.1, -0.05) is 112 Å². The van der Waals surface area contributed by atoms with E-state index in [9.17, 15) is 14.4 Å². The van der Waals surface area contributed by atoms with Crippen molar-refractivity contribution in [2.24, 2.45) is 0 Å². The van der Waals surface area contributed by atoms with Crippen LogP contribution in [0, 0.1) is 0 Å². The molecule has 2 aliphatic rings. The van der Waals surface area contributed by atoms with Gasteiger partial charge in [0.1, 0.15) is 65.9 Å². The molecule has 2 N–H and O–H groups in total. The van der Waals surface area contributed by atoms with Gasteiger partial charge in [0, 0.05) is 38.2 Å². The molecule has 0 spiro atoms. The number of amides is 2. The number of imidazole rings is 1. The SMILES string of the molecule is COc1ccc(C(OC[C@H]2O[C@@H](n3ccc(NC(=O)c4ccccc4)nc3=O)[C@H](OC)[C@@H]2OP(C)(=S)OC[C@H]2O[C@@H](n3cnc4c(NC(=O)c5ccccc5)ncnc43)[C@H](OC)[C@@H]2O[Si](C)(C)C(C)(C)C)(c2ccccc2)c2ccc(OC)cc2)cc1. The first kappa shape index (κ1) is 62.7. The highest BCUT2D eigenvalue weighted by atomic mass is 32.5. The summed E-state index contributed by atoms with van der Waals surface area (Å²) in [5, 5.41) is 5.37. The molecule has 1 unspecified atom stereocenters. The number of carbonyl (C=O) groups excluding carboxylic acids is 2. The van der Waals surface area contributed by atoms with Gasteiger partial charge in [0.25, 0.3) is 11.8 Å². The summed E-state index contributed by atoms with van der Waals surface area (Å²) in [6, 6.07) is 43.9. The Morgan fingerprint density at radius 1 is 0.644 bits per heavy atom. The van der Waals surface area contributed by atoms with Crippen molar-refractivity contribution in [1.29, 1.82) is 0 Å². The van der Waals surface area contributed by atoms with E-state index in [1.807, 2.05) is 84.9 Å². The number of aromatic nitrogens is 6. The highest BCUT2D eigenvalue weighted by Gasteiger charge is 2.54. The summed E-state index contributed by atoms with van der Waals surface area (Å²) in [5.41, 5.74) is 1.82. The van der Waals surface area contributed by atoms with E-state index in [1.54, 1.807) is 93.5 Å². The maximum Gasteiger partial charge on any atom is 0.351 e. The lowest BCUT2D eigenvalue weighted by Gasteiger charge is -2.40. The molecule has 0 aliphatic carbocycles. The fourth-order valence-electron chi connectivity index (χ4n) is 10.5. The number of nitrogens with zero attached hydrogens (tertiary/aromatic N) is 6. The molecule has 21 nitrogen and oxygen atoms in total. The van der Waals surface area contributed by atoms with E-state index in [2.05, 4.69) is 64.4 Å². The molecule has 9 atom stereocenters. The van der Waals surface area contributed by atoms with Crippen LogP contribution >= 0.6 is 6.49 Å². The van der Waals surface area contributed by atoms with Crippen LogP contribution in [0.1, 0.15) is 70.6 Å². The third-order valence-electron chi connectivity index (χ3n) is 16.1. The zero-order chi connectivity index (χ0) is 61.7. The van der Waals surface area contributed by atoms with Crippen LogP contribution in [0.25, 0.3) is 11.2 Å². The maximum absolute atomic E-state index is 14.2. The normalized spacial score (nSPS) is 21.3. The third kappa shape index (κ3) is 13.4. The van der Waals surface area contributed by atoms with E-state index in [-0.39, 0.29) is 35.8 Å². The minimum absolute atomic E-state index is 0.0309. The Balaban J connectivity index is 0.985. The quantitative estimate of drug-likeness (QED) is 0.0345. The van der Waals surface area contributed by atoms with Gasteiger partial charge >= 0.3 is 5.69 Å². The topological polar surface area (TPSA) is 229 Å². The number of carbonyl (C=O) groups is 2. The van der Waals surface area contributed by atoms with E-state index < -0.39 is 81.1 Å². The van der Waals surface area contributed by atoms with E-state index in [0.717, 1.165) is 16.7 Å². The number of ether oxygens (including phenoxy) is 7. The Morgan fingerprint density at radius 3 is 1.70 bits per heavy atom. The van der Waals surface area contributed by atoms with Gasteiger partial charge in [0.2, 0.25) is 0 Å². The molecule has 3 aromatic heterocycles. The van der Waals surface area contributed by atoms with Crippen molar-refractivity contribution < 1.29 is 56.2 Å². The van der Waals surface area contributed by atoms with Crippen LogP contribution < -0.4 is 25.8 Å². The second-order valence-electron chi connectivity index (χ2n) is 22.5. The lowest BCUT2D eigenvalue weighted by molar-refractivity contribution is -0.0955.